The Morgan fingerprint density at radius 2 is 1.86 bits per heavy atom. The van der Waals surface area contributed by atoms with E-state index in [0.717, 1.165) is 24.8 Å². The fourth-order valence-electron chi connectivity index (χ4n) is 2.62. The van der Waals surface area contributed by atoms with Crippen molar-refractivity contribution in [1.29, 1.82) is 0 Å². The van der Waals surface area contributed by atoms with E-state index < -0.39 is 10.0 Å². The molecule has 0 aliphatic carbocycles. The van der Waals surface area contributed by atoms with Crippen LogP contribution in [0.5, 0.6) is 5.75 Å². The molecule has 0 saturated heterocycles. The molecule has 1 rings (SSSR count). The van der Waals surface area contributed by atoms with Crippen LogP contribution in [0.15, 0.2) is 23.1 Å². The molecule has 1 aromatic rings. The van der Waals surface area contributed by atoms with Gasteiger partial charge in [0.1, 0.15) is 10.6 Å². The fourth-order valence-corrected chi connectivity index (χ4v) is 3.36. The smallest absolute Gasteiger partial charge is 0.241 e. The topological polar surface area (TPSA) is 69.4 Å². The summed E-state index contributed by atoms with van der Waals surface area (Å²) >= 11 is 0. The summed E-state index contributed by atoms with van der Waals surface area (Å²) in [6.45, 7) is 8.89. The van der Waals surface area contributed by atoms with Crippen LogP contribution in [-0.4, -0.2) is 15.5 Å². The van der Waals surface area contributed by atoms with E-state index in [1.54, 1.807) is 12.1 Å². The Hall–Kier alpha value is -1.07. The second kappa shape index (κ2) is 6.79. The number of hydrogen-bond donors (Lipinski definition) is 1. The monoisotopic (exact) mass is 313 g/mol. The summed E-state index contributed by atoms with van der Waals surface area (Å²) in [5.41, 5.74) is 1.22. The zero-order chi connectivity index (χ0) is 16.3. The van der Waals surface area contributed by atoms with E-state index in [0.29, 0.717) is 11.7 Å². The molecule has 1 atom stereocenters. The molecular weight excluding hydrogens is 286 g/mol. The van der Waals surface area contributed by atoms with Crippen molar-refractivity contribution in [3.8, 4) is 5.75 Å². The summed E-state index contributed by atoms with van der Waals surface area (Å²) in [5.74, 6) is 0.747. The average molecular weight is 313 g/mol. The first-order valence-electron chi connectivity index (χ1n) is 7.37. The van der Waals surface area contributed by atoms with Crippen LogP contribution in [0.1, 0.15) is 46.1 Å². The van der Waals surface area contributed by atoms with Gasteiger partial charge in [0.2, 0.25) is 10.0 Å². The van der Waals surface area contributed by atoms with Gasteiger partial charge in [-0.05, 0) is 35.4 Å². The van der Waals surface area contributed by atoms with E-state index >= 15 is 0 Å². The van der Waals surface area contributed by atoms with Gasteiger partial charge in [0.25, 0.3) is 0 Å². The molecule has 4 nitrogen and oxygen atoms in total. The van der Waals surface area contributed by atoms with Gasteiger partial charge in [-0.25, -0.2) is 13.6 Å². The van der Waals surface area contributed by atoms with Crippen LogP contribution in [0, 0.1) is 11.3 Å². The maximum absolute atomic E-state index is 11.7. The molecule has 0 heterocycles. The summed E-state index contributed by atoms with van der Waals surface area (Å²) < 4.78 is 28.4. The van der Waals surface area contributed by atoms with Crippen LogP contribution in [-0.2, 0) is 16.4 Å². The second-order valence-corrected chi connectivity index (χ2v) is 7.53. The van der Waals surface area contributed by atoms with Crippen molar-refractivity contribution in [2.45, 2.75) is 51.9 Å². The van der Waals surface area contributed by atoms with Crippen LogP contribution in [0.4, 0.5) is 0 Å². The van der Waals surface area contributed by atoms with Crippen molar-refractivity contribution in [3.05, 3.63) is 23.8 Å². The van der Waals surface area contributed by atoms with Gasteiger partial charge in [-0.1, -0.05) is 46.6 Å². The minimum atomic E-state index is -3.78. The lowest BCUT2D eigenvalue weighted by Crippen LogP contribution is -2.25. The first-order valence-corrected chi connectivity index (χ1v) is 8.92. The predicted molar refractivity (Wildman–Crippen MR) is 85.9 cm³/mol. The molecule has 1 unspecified atom stereocenters. The minimum absolute atomic E-state index is 0.0596. The van der Waals surface area contributed by atoms with Crippen molar-refractivity contribution in [3.63, 3.8) is 0 Å². The van der Waals surface area contributed by atoms with Crippen molar-refractivity contribution >= 4 is 10.0 Å². The Morgan fingerprint density at radius 1 is 1.29 bits per heavy atom. The Kier molecular flexibility index (Phi) is 5.82. The Morgan fingerprint density at radius 3 is 2.29 bits per heavy atom. The molecule has 0 aliphatic rings. The third-order valence-corrected chi connectivity index (χ3v) is 5.81. The number of methoxy groups -OCH3 is 1. The van der Waals surface area contributed by atoms with Crippen LogP contribution >= 0.6 is 0 Å². The molecule has 0 amide bonds. The van der Waals surface area contributed by atoms with Gasteiger partial charge < -0.3 is 4.74 Å². The summed E-state index contributed by atoms with van der Waals surface area (Å²) in [7, 11) is -2.33. The van der Waals surface area contributed by atoms with Crippen molar-refractivity contribution in [2.24, 2.45) is 16.5 Å². The average Bonchev–Trinajstić information content (AvgIpc) is 2.45. The summed E-state index contributed by atoms with van der Waals surface area (Å²) in [4.78, 5) is 0.0596. The zero-order valence-electron chi connectivity index (χ0n) is 13.6. The molecule has 120 valence electrons. The minimum Gasteiger partial charge on any atom is -0.495 e. The number of sulfonamides is 1. The molecule has 0 saturated carbocycles. The molecule has 0 spiro atoms. The van der Waals surface area contributed by atoms with Crippen LogP contribution in [0.2, 0.25) is 0 Å². The highest BCUT2D eigenvalue weighted by atomic mass is 32.2. The van der Waals surface area contributed by atoms with E-state index in [-0.39, 0.29) is 10.3 Å². The third-order valence-electron chi connectivity index (χ3n) is 4.88. The first kappa shape index (κ1) is 18.0. The number of benzene rings is 1. The lowest BCUT2D eigenvalue weighted by atomic mass is 9.71. The lowest BCUT2D eigenvalue weighted by molar-refractivity contribution is 0.183. The van der Waals surface area contributed by atoms with Gasteiger partial charge in [0, 0.05) is 0 Å². The Labute approximate surface area is 128 Å². The number of hydrogen-bond acceptors (Lipinski definition) is 3. The zero-order valence-corrected chi connectivity index (χ0v) is 14.5. The molecule has 21 heavy (non-hydrogen) atoms. The highest BCUT2D eigenvalue weighted by molar-refractivity contribution is 7.89. The molecule has 1 aromatic carbocycles. The van der Waals surface area contributed by atoms with Gasteiger partial charge in [0.15, 0.2) is 0 Å². The highest BCUT2D eigenvalue weighted by Crippen LogP contribution is 2.37. The standard InChI is InChI=1S/C16H27NO3S/c1-6-16(4,7-2)12(3)10-13-8-9-14(20-5)15(11-13)21(17,18)19/h8-9,11-12H,6-7,10H2,1-5H3,(H2,17,18,19). The van der Waals surface area contributed by atoms with Gasteiger partial charge in [-0.3, -0.25) is 0 Å². The number of rotatable bonds is 7. The van der Waals surface area contributed by atoms with Crippen molar-refractivity contribution in [1.82, 2.24) is 0 Å². The van der Waals surface area contributed by atoms with Gasteiger partial charge >= 0.3 is 0 Å². The first-order chi connectivity index (χ1) is 9.67. The number of nitrogens with two attached hydrogens (primary N) is 1. The van der Waals surface area contributed by atoms with Gasteiger partial charge in [-0.2, -0.15) is 0 Å². The third kappa shape index (κ3) is 4.20. The van der Waals surface area contributed by atoms with E-state index in [4.69, 9.17) is 9.88 Å². The van der Waals surface area contributed by atoms with E-state index in [2.05, 4.69) is 27.7 Å². The van der Waals surface area contributed by atoms with E-state index in [1.807, 2.05) is 6.07 Å². The molecular formula is C16H27NO3S. The quantitative estimate of drug-likeness (QED) is 0.839. The van der Waals surface area contributed by atoms with Crippen LogP contribution < -0.4 is 9.88 Å². The molecule has 0 aliphatic heterocycles. The maximum atomic E-state index is 11.7. The van der Waals surface area contributed by atoms with Crippen LogP contribution in [0.25, 0.3) is 0 Å². The number of primary sulfonamides is 1. The van der Waals surface area contributed by atoms with E-state index in [9.17, 15) is 8.42 Å². The molecule has 0 fully saturated rings. The van der Waals surface area contributed by atoms with Crippen LogP contribution in [0.3, 0.4) is 0 Å². The summed E-state index contributed by atoms with van der Waals surface area (Å²) in [6, 6.07) is 5.23. The van der Waals surface area contributed by atoms with E-state index in [1.165, 1.54) is 7.11 Å². The fraction of sp³-hybridized carbons (Fsp3) is 0.625. The predicted octanol–water partition coefficient (Wildman–Crippen LogP) is 3.35. The van der Waals surface area contributed by atoms with Gasteiger partial charge in [0.05, 0.1) is 7.11 Å². The Bertz CT molecular complexity index is 577. The summed E-state index contributed by atoms with van der Waals surface area (Å²) in [6.07, 6.45) is 3.02. The molecule has 2 N–H and O–H groups in total. The largest absolute Gasteiger partial charge is 0.495 e. The molecule has 0 radical (unpaired) electrons. The molecule has 0 aromatic heterocycles. The maximum Gasteiger partial charge on any atom is 0.241 e. The lowest BCUT2D eigenvalue weighted by Gasteiger charge is -2.34. The van der Waals surface area contributed by atoms with Crippen molar-refractivity contribution < 1.29 is 13.2 Å². The second-order valence-electron chi connectivity index (χ2n) is 6.00. The van der Waals surface area contributed by atoms with Crippen molar-refractivity contribution in [2.75, 3.05) is 7.11 Å². The highest BCUT2D eigenvalue weighted by Gasteiger charge is 2.27. The number of ether oxygens (including phenoxy) is 1. The SMILES string of the molecule is CCC(C)(CC)C(C)Cc1ccc(OC)c(S(N)(=O)=O)c1. The normalized spacial score (nSPS) is 14.0. The molecule has 5 heteroatoms. The summed E-state index contributed by atoms with van der Waals surface area (Å²) in [5, 5.41) is 5.26. The van der Waals surface area contributed by atoms with Gasteiger partial charge in [-0.15, -0.1) is 0 Å². The molecule has 0 bridgehead atoms. The Balaban J connectivity index is 3.11.